The summed E-state index contributed by atoms with van der Waals surface area (Å²) in [5.41, 5.74) is 13.0. The van der Waals surface area contributed by atoms with Crippen LogP contribution in [0.2, 0.25) is 0 Å². The van der Waals surface area contributed by atoms with E-state index in [1.165, 1.54) is 4.90 Å². The van der Waals surface area contributed by atoms with Crippen LogP contribution in [0.25, 0.3) is 10.9 Å². The summed E-state index contributed by atoms with van der Waals surface area (Å²) < 4.78 is 0. The van der Waals surface area contributed by atoms with Gasteiger partial charge >= 0.3 is 5.97 Å². The number of nitrogens with zero attached hydrogens (tertiary/aromatic N) is 1. The van der Waals surface area contributed by atoms with E-state index in [0.29, 0.717) is 44.2 Å². The molecule has 0 saturated carbocycles. The van der Waals surface area contributed by atoms with E-state index in [2.05, 4.69) is 31.6 Å². The molecule has 1 aromatic heterocycles. The lowest BCUT2D eigenvalue weighted by Crippen LogP contribution is -2.57. The molecule has 1 aliphatic rings. The van der Waals surface area contributed by atoms with Gasteiger partial charge in [-0.3, -0.25) is 33.6 Å². The number of fused-ring (bicyclic) bond motifs is 1. The zero-order valence-electron chi connectivity index (χ0n) is 30.2. The summed E-state index contributed by atoms with van der Waals surface area (Å²) in [6.45, 7) is 2.43. The summed E-state index contributed by atoms with van der Waals surface area (Å²) in [7, 11) is 0. The van der Waals surface area contributed by atoms with Gasteiger partial charge in [-0.25, -0.2) is 0 Å². The van der Waals surface area contributed by atoms with Gasteiger partial charge in [-0.05, 0) is 56.2 Å². The number of benzene rings is 1. The molecule has 53 heavy (non-hydrogen) atoms. The van der Waals surface area contributed by atoms with Gasteiger partial charge in [0.05, 0.1) is 19.2 Å². The number of aliphatic hydroxyl groups excluding tert-OH is 1. The molecule has 2 heterocycles. The Bertz CT molecular complexity index is 1600. The topological polar surface area (TPSA) is 291 Å². The molecule has 1 aromatic carbocycles. The number of carboxylic acids is 1. The van der Waals surface area contributed by atoms with E-state index in [4.69, 9.17) is 16.6 Å². The molecule has 6 amide bonds. The number of aromatic amines is 1. The fraction of sp³-hybridized carbons (Fsp3) is 0.571. The number of amides is 6. The molecule has 292 valence electrons. The average Bonchev–Trinajstić information content (AvgIpc) is 3.78. The highest BCUT2D eigenvalue weighted by atomic mass is 16.4. The van der Waals surface area contributed by atoms with Gasteiger partial charge in [0.1, 0.15) is 30.7 Å². The Labute approximate surface area is 307 Å². The van der Waals surface area contributed by atoms with Crippen LogP contribution in [0.3, 0.4) is 0 Å². The zero-order valence-corrected chi connectivity index (χ0v) is 30.2. The van der Waals surface area contributed by atoms with E-state index < -0.39 is 91.3 Å². The Morgan fingerprint density at radius 2 is 1.64 bits per heavy atom. The van der Waals surface area contributed by atoms with Crippen molar-refractivity contribution in [2.45, 2.75) is 89.0 Å². The summed E-state index contributed by atoms with van der Waals surface area (Å²) in [5.74, 6) is -5.30. The van der Waals surface area contributed by atoms with E-state index >= 15 is 0 Å². The SMILES string of the molecule is CC(C)C[C@H](NC(=O)[C@@H](N)CCCCN)C(=O)N1CCC[C@H]1C(=O)NCC(=O)N[C@@H](Cc1c[nH]c2ccccc12)C(=O)N[C@@H](CO)C(=O)NCC(=O)O. The molecule has 0 unspecified atom stereocenters. The molecule has 18 nitrogen and oxygen atoms in total. The van der Waals surface area contributed by atoms with Gasteiger partial charge in [0.15, 0.2) is 0 Å². The summed E-state index contributed by atoms with van der Waals surface area (Å²) >= 11 is 0. The standard InChI is InChI=1S/C35H53N9O9/c1-20(2)14-26(42-31(49)23(37)9-5-6-12-36)35(53)44-13-7-11-28(44)34(52)39-17-29(46)41-25(15-21-16-38-24-10-4-3-8-22(21)24)33(51)43-27(19-45)32(50)40-18-30(47)48/h3-4,8,10,16,20,23,25-28,38,45H,5-7,9,11-15,17-19,36-37H2,1-2H3,(H,39,52)(H,40,50)(H,41,46)(H,42,49)(H,43,51)(H,47,48)/t23-,25-,26-,27-,28-/m0/s1. The monoisotopic (exact) mass is 743 g/mol. The van der Waals surface area contributed by atoms with Gasteiger partial charge in [-0.1, -0.05) is 38.5 Å². The number of unbranched alkanes of at least 4 members (excludes halogenated alkanes) is 1. The highest BCUT2D eigenvalue weighted by Gasteiger charge is 2.38. The van der Waals surface area contributed by atoms with Crippen molar-refractivity contribution in [2.24, 2.45) is 17.4 Å². The minimum Gasteiger partial charge on any atom is -0.480 e. The molecule has 0 bridgehead atoms. The average molecular weight is 744 g/mol. The van der Waals surface area contributed by atoms with E-state index in [-0.39, 0.29) is 18.9 Å². The highest BCUT2D eigenvalue weighted by molar-refractivity contribution is 5.96. The number of carbonyl (C=O) groups excluding carboxylic acids is 6. The van der Waals surface area contributed by atoms with Crippen molar-refractivity contribution in [3.63, 3.8) is 0 Å². The lowest BCUT2D eigenvalue weighted by Gasteiger charge is -2.30. The van der Waals surface area contributed by atoms with Crippen molar-refractivity contribution in [3.8, 4) is 0 Å². The Balaban J connectivity index is 1.68. The number of hydrogen-bond donors (Lipinski definition) is 10. The van der Waals surface area contributed by atoms with Crippen molar-refractivity contribution >= 4 is 52.3 Å². The van der Waals surface area contributed by atoms with Crippen LogP contribution < -0.4 is 38.1 Å². The number of para-hydroxylation sites is 1. The van der Waals surface area contributed by atoms with Crippen molar-refractivity contribution < 1.29 is 43.8 Å². The highest BCUT2D eigenvalue weighted by Crippen LogP contribution is 2.21. The van der Waals surface area contributed by atoms with E-state index in [9.17, 15) is 38.7 Å². The number of nitrogens with two attached hydrogens (primary N) is 2. The van der Waals surface area contributed by atoms with Gasteiger partial charge in [0.25, 0.3) is 0 Å². The molecule has 2 aromatic rings. The molecule has 0 aliphatic carbocycles. The number of carbonyl (C=O) groups is 7. The zero-order chi connectivity index (χ0) is 39.1. The molecule has 0 radical (unpaired) electrons. The van der Waals surface area contributed by atoms with Crippen LogP contribution in [-0.4, -0.2) is 125 Å². The second-order valence-corrected chi connectivity index (χ2v) is 13.5. The molecule has 0 spiro atoms. The first-order valence-corrected chi connectivity index (χ1v) is 17.8. The first kappa shape index (κ1) is 42.3. The minimum absolute atomic E-state index is 0.0393. The van der Waals surface area contributed by atoms with Crippen molar-refractivity contribution in [1.82, 2.24) is 36.5 Å². The van der Waals surface area contributed by atoms with E-state index in [1.54, 1.807) is 12.3 Å². The Morgan fingerprint density at radius 1 is 0.925 bits per heavy atom. The van der Waals surface area contributed by atoms with Crippen LogP contribution in [0.1, 0.15) is 57.9 Å². The molecule has 12 N–H and O–H groups in total. The fourth-order valence-corrected chi connectivity index (χ4v) is 6.13. The quantitative estimate of drug-likeness (QED) is 0.0622. The number of aromatic nitrogens is 1. The van der Waals surface area contributed by atoms with Crippen molar-refractivity contribution in [2.75, 3.05) is 32.8 Å². The number of aliphatic carboxylic acids is 1. The van der Waals surface area contributed by atoms with Crippen molar-refractivity contribution in [3.05, 3.63) is 36.0 Å². The number of nitrogens with one attached hydrogen (secondary N) is 6. The maximum Gasteiger partial charge on any atom is 0.322 e. The predicted octanol–water partition coefficient (Wildman–Crippen LogP) is -2.03. The van der Waals surface area contributed by atoms with E-state index in [0.717, 1.165) is 17.3 Å². The molecule has 1 aliphatic heterocycles. The third kappa shape index (κ3) is 12.8. The predicted molar refractivity (Wildman–Crippen MR) is 194 cm³/mol. The number of hydrogen-bond acceptors (Lipinski definition) is 10. The molecular formula is C35H53N9O9. The summed E-state index contributed by atoms with van der Waals surface area (Å²) in [6.07, 6.45) is 4.60. The van der Waals surface area contributed by atoms with Crippen LogP contribution >= 0.6 is 0 Å². The van der Waals surface area contributed by atoms with Crippen LogP contribution in [0.5, 0.6) is 0 Å². The van der Waals surface area contributed by atoms with Crippen LogP contribution in [0.4, 0.5) is 0 Å². The smallest absolute Gasteiger partial charge is 0.322 e. The summed E-state index contributed by atoms with van der Waals surface area (Å²) in [4.78, 5) is 94.4. The summed E-state index contributed by atoms with van der Waals surface area (Å²) in [6, 6.07) is 1.85. The van der Waals surface area contributed by atoms with Gasteiger partial charge in [-0.15, -0.1) is 0 Å². The Morgan fingerprint density at radius 3 is 2.32 bits per heavy atom. The van der Waals surface area contributed by atoms with Gasteiger partial charge < -0.3 is 58.1 Å². The number of carboxylic acid groups (broad SMARTS) is 1. The second kappa shape index (κ2) is 20.8. The molecule has 18 heteroatoms. The number of aliphatic hydroxyl groups is 1. The normalized spacial score (nSPS) is 16.3. The molecule has 5 atom stereocenters. The fourth-order valence-electron chi connectivity index (χ4n) is 6.13. The first-order valence-electron chi connectivity index (χ1n) is 17.8. The lowest BCUT2D eigenvalue weighted by atomic mass is 10.0. The molecule has 1 fully saturated rings. The number of H-pyrrole nitrogens is 1. The van der Waals surface area contributed by atoms with Crippen LogP contribution in [0, 0.1) is 5.92 Å². The maximum atomic E-state index is 13.7. The van der Waals surface area contributed by atoms with E-state index in [1.807, 2.05) is 32.0 Å². The minimum atomic E-state index is -1.51. The lowest BCUT2D eigenvalue weighted by molar-refractivity contribution is -0.142. The third-order valence-electron chi connectivity index (χ3n) is 8.87. The maximum absolute atomic E-state index is 13.7. The molecular weight excluding hydrogens is 690 g/mol. The number of rotatable bonds is 21. The molecule has 1 saturated heterocycles. The van der Waals surface area contributed by atoms with Crippen LogP contribution in [0.15, 0.2) is 30.5 Å². The Hall–Kier alpha value is -5.07. The van der Waals surface area contributed by atoms with Gasteiger partial charge in [-0.2, -0.15) is 0 Å². The van der Waals surface area contributed by atoms with Gasteiger partial charge in [0, 0.05) is 30.1 Å². The summed E-state index contributed by atoms with van der Waals surface area (Å²) in [5, 5.41) is 31.7. The largest absolute Gasteiger partial charge is 0.480 e. The number of likely N-dealkylation sites (tertiary alicyclic amines) is 1. The molecule has 3 rings (SSSR count). The van der Waals surface area contributed by atoms with Crippen molar-refractivity contribution in [1.29, 1.82) is 0 Å². The third-order valence-corrected chi connectivity index (χ3v) is 8.87. The first-order chi connectivity index (χ1) is 25.2. The second-order valence-electron chi connectivity index (χ2n) is 13.5. The van der Waals surface area contributed by atoms with Crippen LogP contribution in [-0.2, 0) is 40.0 Å². The van der Waals surface area contributed by atoms with Gasteiger partial charge in [0.2, 0.25) is 35.4 Å². The Kier molecular flexibility index (Phi) is 16.6.